The van der Waals surface area contributed by atoms with E-state index in [9.17, 15) is 4.79 Å². The van der Waals surface area contributed by atoms with Crippen LogP contribution in [0.1, 0.15) is 30.6 Å². The number of hydrogen-bond donors (Lipinski definition) is 2. The van der Waals surface area contributed by atoms with Gasteiger partial charge in [-0.1, -0.05) is 6.07 Å². The number of rotatable bonds is 5. The zero-order valence-corrected chi connectivity index (χ0v) is 14.6. The van der Waals surface area contributed by atoms with Crippen LogP contribution in [0.25, 0.3) is 0 Å². The summed E-state index contributed by atoms with van der Waals surface area (Å²) in [5.41, 5.74) is 0. The number of nitrogens with zero attached hydrogens (tertiary/aromatic N) is 1. The van der Waals surface area contributed by atoms with Gasteiger partial charge < -0.3 is 10.6 Å². The molecule has 3 heterocycles. The number of thiophene rings is 1. The van der Waals surface area contributed by atoms with Crippen molar-refractivity contribution in [2.75, 3.05) is 26.2 Å². The van der Waals surface area contributed by atoms with E-state index in [0.29, 0.717) is 5.92 Å². The van der Waals surface area contributed by atoms with Gasteiger partial charge in [0.05, 0.1) is 6.04 Å². The number of piperidine rings is 1. The lowest BCUT2D eigenvalue weighted by atomic mass is 9.97. The summed E-state index contributed by atoms with van der Waals surface area (Å²) in [6, 6.07) is 4.38. The van der Waals surface area contributed by atoms with Crippen molar-refractivity contribution in [3.8, 4) is 0 Å². The topological polar surface area (TPSA) is 44.4 Å². The largest absolute Gasteiger partial charge is 0.354 e. The molecule has 0 radical (unpaired) electrons. The first-order chi connectivity index (χ1) is 10.3. The van der Waals surface area contributed by atoms with E-state index in [2.05, 4.69) is 33.0 Å². The van der Waals surface area contributed by atoms with Gasteiger partial charge in [0.25, 0.3) is 0 Å². The van der Waals surface area contributed by atoms with Gasteiger partial charge in [-0.05, 0) is 56.1 Å². The fraction of sp³-hybridized carbons (Fsp3) is 0.688. The monoisotopic (exact) mass is 343 g/mol. The van der Waals surface area contributed by atoms with Gasteiger partial charge in [0.15, 0.2) is 0 Å². The number of likely N-dealkylation sites (tertiary alicyclic amines) is 1. The van der Waals surface area contributed by atoms with Crippen LogP contribution >= 0.6 is 23.7 Å². The summed E-state index contributed by atoms with van der Waals surface area (Å²) in [6.07, 6.45) is 4.59. The SMILES string of the molecule is Cl.O=C(NCC1CCCN(Cc2cccs2)C1)C1CCCN1. The van der Waals surface area contributed by atoms with Crippen molar-refractivity contribution in [1.82, 2.24) is 15.5 Å². The molecule has 2 saturated heterocycles. The van der Waals surface area contributed by atoms with E-state index >= 15 is 0 Å². The summed E-state index contributed by atoms with van der Waals surface area (Å²) in [4.78, 5) is 16.0. The first-order valence-electron chi connectivity index (χ1n) is 8.07. The smallest absolute Gasteiger partial charge is 0.237 e. The second-order valence-corrected chi connectivity index (χ2v) is 7.25. The summed E-state index contributed by atoms with van der Waals surface area (Å²) >= 11 is 1.83. The van der Waals surface area contributed by atoms with Gasteiger partial charge in [-0.3, -0.25) is 9.69 Å². The van der Waals surface area contributed by atoms with Crippen LogP contribution in [0.2, 0.25) is 0 Å². The van der Waals surface area contributed by atoms with Gasteiger partial charge in [0, 0.05) is 24.5 Å². The van der Waals surface area contributed by atoms with Crippen LogP contribution in [0.3, 0.4) is 0 Å². The second kappa shape index (κ2) is 8.87. The van der Waals surface area contributed by atoms with Crippen LogP contribution in [0.4, 0.5) is 0 Å². The Balaban J connectivity index is 0.00000176. The van der Waals surface area contributed by atoms with Crippen molar-refractivity contribution < 1.29 is 4.79 Å². The van der Waals surface area contributed by atoms with E-state index in [1.165, 1.54) is 24.3 Å². The van der Waals surface area contributed by atoms with E-state index in [-0.39, 0.29) is 24.4 Å². The summed E-state index contributed by atoms with van der Waals surface area (Å²) in [6.45, 7) is 5.17. The molecule has 1 aromatic heterocycles. The van der Waals surface area contributed by atoms with E-state index < -0.39 is 0 Å². The third-order valence-electron chi connectivity index (χ3n) is 4.50. The fourth-order valence-corrected chi connectivity index (χ4v) is 4.11. The van der Waals surface area contributed by atoms with Crippen molar-refractivity contribution in [3.63, 3.8) is 0 Å². The minimum Gasteiger partial charge on any atom is -0.354 e. The molecular weight excluding hydrogens is 318 g/mol. The Bertz CT molecular complexity index is 448. The fourth-order valence-electron chi connectivity index (χ4n) is 3.36. The number of halogens is 1. The van der Waals surface area contributed by atoms with Crippen LogP contribution in [-0.2, 0) is 11.3 Å². The van der Waals surface area contributed by atoms with Crippen molar-refractivity contribution in [2.24, 2.45) is 5.92 Å². The molecule has 0 bridgehead atoms. The Hall–Kier alpha value is -0.620. The predicted octanol–water partition coefficient (Wildman–Crippen LogP) is 2.25. The minimum atomic E-state index is 0. The summed E-state index contributed by atoms with van der Waals surface area (Å²) < 4.78 is 0. The highest BCUT2D eigenvalue weighted by molar-refractivity contribution is 7.09. The van der Waals surface area contributed by atoms with E-state index in [1.54, 1.807) is 0 Å². The normalized spacial score (nSPS) is 25.6. The first kappa shape index (κ1) is 17.7. The van der Waals surface area contributed by atoms with Crippen molar-refractivity contribution in [1.29, 1.82) is 0 Å². The zero-order chi connectivity index (χ0) is 14.5. The molecule has 0 aromatic carbocycles. The highest BCUT2D eigenvalue weighted by Crippen LogP contribution is 2.20. The molecule has 2 aliphatic heterocycles. The average Bonchev–Trinajstić information content (AvgIpc) is 3.18. The molecule has 2 unspecified atom stereocenters. The van der Waals surface area contributed by atoms with E-state index in [1.807, 2.05) is 11.3 Å². The highest BCUT2D eigenvalue weighted by atomic mass is 35.5. The van der Waals surface area contributed by atoms with Crippen LogP contribution in [0.15, 0.2) is 17.5 Å². The third-order valence-corrected chi connectivity index (χ3v) is 5.37. The molecule has 0 saturated carbocycles. The average molecular weight is 344 g/mol. The highest BCUT2D eigenvalue weighted by Gasteiger charge is 2.24. The lowest BCUT2D eigenvalue weighted by Crippen LogP contribution is -2.45. The van der Waals surface area contributed by atoms with Crippen molar-refractivity contribution in [2.45, 2.75) is 38.3 Å². The Labute approximate surface area is 143 Å². The van der Waals surface area contributed by atoms with Gasteiger partial charge in [-0.2, -0.15) is 0 Å². The maximum atomic E-state index is 12.0. The van der Waals surface area contributed by atoms with Gasteiger partial charge >= 0.3 is 0 Å². The molecule has 2 aliphatic rings. The van der Waals surface area contributed by atoms with Gasteiger partial charge in [0.1, 0.15) is 0 Å². The molecule has 0 spiro atoms. The molecule has 6 heteroatoms. The maximum Gasteiger partial charge on any atom is 0.237 e. The molecule has 22 heavy (non-hydrogen) atoms. The Kier molecular flexibility index (Phi) is 7.15. The number of carbonyl (C=O) groups excluding carboxylic acids is 1. The molecule has 4 nitrogen and oxygen atoms in total. The summed E-state index contributed by atoms with van der Waals surface area (Å²) in [5.74, 6) is 0.798. The summed E-state index contributed by atoms with van der Waals surface area (Å²) in [7, 11) is 0. The van der Waals surface area contributed by atoms with Crippen LogP contribution in [0.5, 0.6) is 0 Å². The quantitative estimate of drug-likeness (QED) is 0.862. The van der Waals surface area contributed by atoms with Gasteiger partial charge in [-0.15, -0.1) is 23.7 Å². The molecule has 2 fully saturated rings. The van der Waals surface area contributed by atoms with Crippen LogP contribution in [-0.4, -0.2) is 43.0 Å². The minimum absolute atomic E-state index is 0. The molecule has 1 amide bonds. The molecular formula is C16H26ClN3OS. The van der Waals surface area contributed by atoms with E-state index in [0.717, 1.165) is 39.0 Å². The lowest BCUT2D eigenvalue weighted by molar-refractivity contribution is -0.123. The number of carbonyl (C=O) groups is 1. The Morgan fingerprint density at radius 3 is 3.05 bits per heavy atom. The van der Waals surface area contributed by atoms with Crippen LogP contribution < -0.4 is 10.6 Å². The second-order valence-electron chi connectivity index (χ2n) is 6.22. The lowest BCUT2D eigenvalue weighted by Gasteiger charge is -2.32. The molecule has 2 N–H and O–H groups in total. The number of hydrogen-bond acceptors (Lipinski definition) is 4. The first-order valence-corrected chi connectivity index (χ1v) is 8.95. The van der Waals surface area contributed by atoms with Gasteiger partial charge in [0.2, 0.25) is 5.91 Å². The molecule has 2 atom stereocenters. The summed E-state index contributed by atoms with van der Waals surface area (Å²) in [5, 5.41) is 8.55. The van der Waals surface area contributed by atoms with Crippen LogP contribution in [0, 0.1) is 5.92 Å². The molecule has 124 valence electrons. The molecule has 1 aromatic rings. The number of amides is 1. The van der Waals surface area contributed by atoms with E-state index in [4.69, 9.17) is 0 Å². The molecule has 3 rings (SSSR count). The Morgan fingerprint density at radius 2 is 2.32 bits per heavy atom. The standard InChI is InChI=1S/C16H25N3OS.ClH/c20-16(15-6-1-7-17-15)18-10-13-4-2-8-19(11-13)12-14-5-3-9-21-14;/h3,5,9,13,15,17H,1-2,4,6-8,10-12H2,(H,18,20);1H. The number of nitrogens with one attached hydrogen (secondary N) is 2. The maximum absolute atomic E-state index is 12.0. The third kappa shape index (κ3) is 4.95. The molecule has 0 aliphatic carbocycles. The predicted molar refractivity (Wildman–Crippen MR) is 93.6 cm³/mol. The Morgan fingerprint density at radius 1 is 1.41 bits per heavy atom. The zero-order valence-electron chi connectivity index (χ0n) is 12.9. The van der Waals surface area contributed by atoms with Gasteiger partial charge in [-0.25, -0.2) is 0 Å². The van der Waals surface area contributed by atoms with Crippen molar-refractivity contribution >= 4 is 29.7 Å². The van der Waals surface area contributed by atoms with Crippen molar-refractivity contribution in [3.05, 3.63) is 22.4 Å².